The third kappa shape index (κ3) is 11.4. The highest BCUT2D eigenvalue weighted by Gasteiger charge is 2.52. The number of hydrogen-bond acceptors (Lipinski definition) is 14. The van der Waals surface area contributed by atoms with E-state index in [9.17, 15) is 24.0 Å². The molecule has 0 spiro atoms. The number of unbranched alkanes of at least 4 members (excludes halogenated alkanes) is 5. The van der Waals surface area contributed by atoms with Crippen molar-refractivity contribution in [3.05, 3.63) is 41.7 Å². The standard InChI is InChI=1S/C32H43N3O12/c1-6-7-8-9-10-13-16-41-31(40)25-14-11-12-15-26(25)35-24(17-33-34-35)18-43-32-30(46-23(5)39)29(45-22(4)38)28(44-21(3)37)27(47-32)19-42-20(2)36/h11-12,14-15,17,27-30,32H,6-10,13,16,18-19H2,1-5H3/t27-,28-,29+,30+,32+/m1/s1. The Morgan fingerprint density at radius 3 is 2.11 bits per heavy atom. The summed E-state index contributed by atoms with van der Waals surface area (Å²) in [7, 11) is 0. The molecule has 5 atom stereocenters. The highest BCUT2D eigenvalue weighted by Crippen LogP contribution is 2.31. The molecule has 47 heavy (non-hydrogen) atoms. The predicted octanol–water partition coefficient (Wildman–Crippen LogP) is 3.38. The minimum absolute atomic E-state index is 0.248. The van der Waals surface area contributed by atoms with E-state index in [-0.39, 0.29) is 18.8 Å². The van der Waals surface area contributed by atoms with E-state index in [4.69, 9.17) is 33.2 Å². The summed E-state index contributed by atoms with van der Waals surface area (Å²) < 4.78 is 40.3. The number of benzene rings is 1. The van der Waals surface area contributed by atoms with Gasteiger partial charge in [-0.25, -0.2) is 9.48 Å². The van der Waals surface area contributed by atoms with Crippen molar-refractivity contribution in [2.45, 2.75) is 110 Å². The first kappa shape index (κ1) is 37.1. The fourth-order valence-electron chi connectivity index (χ4n) is 5.00. The number of carbonyl (C=O) groups excluding carboxylic acids is 5. The predicted molar refractivity (Wildman–Crippen MR) is 162 cm³/mol. The normalized spacial score (nSPS) is 20.6. The molecule has 0 unspecified atom stereocenters. The smallest absolute Gasteiger partial charge is 0.340 e. The molecule has 2 heterocycles. The van der Waals surface area contributed by atoms with Crippen molar-refractivity contribution in [1.82, 2.24) is 15.0 Å². The molecule has 258 valence electrons. The van der Waals surface area contributed by atoms with Gasteiger partial charge in [0.05, 0.1) is 36.4 Å². The number of rotatable bonds is 17. The van der Waals surface area contributed by atoms with Gasteiger partial charge in [-0.15, -0.1) is 5.10 Å². The van der Waals surface area contributed by atoms with E-state index < -0.39 is 67.2 Å². The summed E-state index contributed by atoms with van der Waals surface area (Å²) in [5.41, 5.74) is 1.02. The molecular formula is C32H43N3O12. The zero-order chi connectivity index (χ0) is 34.3. The number of ether oxygens (including phenoxy) is 7. The van der Waals surface area contributed by atoms with Crippen LogP contribution in [-0.4, -0.2) is 88.8 Å². The first-order valence-electron chi connectivity index (χ1n) is 15.6. The Balaban J connectivity index is 1.82. The van der Waals surface area contributed by atoms with Crippen LogP contribution in [0.5, 0.6) is 0 Å². The van der Waals surface area contributed by atoms with Gasteiger partial charge in [0, 0.05) is 27.7 Å². The molecule has 0 aliphatic carbocycles. The van der Waals surface area contributed by atoms with Gasteiger partial charge < -0.3 is 33.2 Å². The Morgan fingerprint density at radius 1 is 0.787 bits per heavy atom. The van der Waals surface area contributed by atoms with Gasteiger partial charge in [0.15, 0.2) is 24.6 Å². The molecule has 0 radical (unpaired) electrons. The Kier molecular flexibility index (Phi) is 14.8. The molecule has 2 aromatic rings. The molecule has 0 N–H and O–H groups in total. The molecule has 0 amide bonds. The van der Waals surface area contributed by atoms with Crippen LogP contribution in [0.3, 0.4) is 0 Å². The van der Waals surface area contributed by atoms with E-state index in [1.807, 2.05) is 0 Å². The Labute approximate surface area is 273 Å². The molecule has 3 rings (SSSR count). The van der Waals surface area contributed by atoms with Gasteiger partial charge >= 0.3 is 29.8 Å². The van der Waals surface area contributed by atoms with Gasteiger partial charge in [0.25, 0.3) is 0 Å². The van der Waals surface area contributed by atoms with Gasteiger partial charge in [-0.05, 0) is 18.6 Å². The minimum Gasteiger partial charge on any atom is -0.463 e. The minimum atomic E-state index is -1.41. The van der Waals surface area contributed by atoms with Crippen molar-refractivity contribution in [2.24, 2.45) is 0 Å². The number of para-hydroxylation sites is 1. The monoisotopic (exact) mass is 661 g/mol. The summed E-state index contributed by atoms with van der Waals surface area (Å²) >= 11 is 0. The Morgan fingerprint density at radius 2 is 1.43 bits per heavy atom. The Bertz CT molecular complexity index is 1360. The molecule has 0 bridgehead atoms. The highest BCUT2D eigenvalue weighted by molar-refractivity contribution is 5.93. The molecule has 1 fully saturated rings. The summed E-state index contributed by atoms with van der Waals surface area (Å²) in [5, 5.41) is 8.10. The summed E-state index contributed by atoms with van der Waals surface area (Å²) in [6.07, 6.45) is 1.04. The molecule has 1 aromatic heterocycles. The van der Waals surface area contributed by atoms with E-state index in [1.165, 1.54) is 24.2 Å². The van der Waals surface area contributed by atoms with Crippen molar-refractivity contribution in [3.8, 4) is 5.69 Å². The number of hydrogen-bond donors (Lipinski definition) is 0. The third-order valence-corrected chi connectivity index (χ3v) is 7.05. The molecule has 15 heteroatoms. The van der Waals surface area contributed by atoms with Crippen molar-refractivity contribution in [2.75, 3.05) is 13.2 Å². The van der Waals surface area contributed by atoms with Gasteiger partial charge in [0.2, 0.25) is 0 Å². The van der Waals surface area contributed by atoms with Crippen LogP contribution in [0.25, 0.3) is 5.69 Å². The lowest BCUT2D eigenvalue weighted by Gasteiger charge is -2.44. The summed E-state index contributed by atoms with van der Waals surface area (Å²) in [6.45, 7) is 6.37. The second-order valence-corrected chi connectivity index (χ2v) is 10.9. The van der Waals surface area contributed by atoms with E-state index in [0.29, 0.717) is 11.4 Å². The average Bonchev–Trinajstić information content (AvgIpc) is 3.48. The molecule has 0 saturated carbocycles. The largest absolute Gasteiger partial charge is 0.463 e. The zero-order valence-electron chi connectivity index (χ0n) is 27.4. The number of nitrogens with zero attached hydrogens (tertiary/aromatic N) is 3. The quantitative estimate of drug-likeness (QED) is 0.137. The molecule has 1 saturated heterocycles. The van der Waals surface area contributed by atoms with Crippen LogP contribution in [0, 0.1) is 0 Å². The first-order chi connectivity index (χ1) is 22.5. The first-order valence-corrected chi connectivity index (χ1v) is 15.6. The average molecular weight is 662 g/mol. The molecule has 1 aromatic carbocycles. The number of aromatic nitrogens is 3. The maximum atomic E-state index is 13.0. The van der Waals surface area contributed by atoms with E-state index >= 15 is 0 Å². The summed E-state index contributed by atoms with van der Waals surface area (Å²) in [4.78, 5) is 60.8. The topological polar surface area (TPSA) is 181 Å². The zero-order valence-corrected chi connectivity index (χ0v) is 27.4. The second-order valence-electron chi connectivity index (χ2n) is 10.9. The van der Waals surface area contributed by atoms with Crippen molar-refractivity contribution in [3.63, 3.8) is 0 Å². The van der Waals surface area contributed by atoms with Crippen molar-refractivity contribution >= 4 is 29.8 Å². The van der Waals surface area contributed by atoms with Crippen molar-refractivity contribution in [1.29, 1.82) is 0 Å². The maximum Gasteiger partial charge on any atom is 0.340 e. The summed E-state index contributed by atoms with van der Waals surface area (Å²) in [6, 6.07) is 6.72. The molecule has 1 aliphatic rings. The van der Waals surface area contributed by atoms with Crippen LogP contribution < -0.4 is 0 Å². The van der Waals surface area contributed by atoms with E-state index in [0.717, 1.165) is 52.9 Å². The third-order valence-electron chi connectivity index (χ3n) is 7.05. The van der Waals surface area contributed by atoms with Crippen LogP contribution >= 0.6 is 0 Å². The molecule has 15 nitrogen and oxygen atoms in total. The van der Waals surface area contributed by atoms with E-state index in [1.54, 1.807) is 24.3 Å². The van der Waals surface area contributed by atoms with Crippen LogP contribution in [0.15, 0.2) is 30.5 Å². The van der Waals surface area contributed by atoms with Gasteiger partial charge in [-0.1, -0.05) is 56.4 Å². The Hall–Kier alpha value is -4.37. The fourth-order valence-corrected chi connectivity index (χ4v) is 5.00. The van der Waals surface area contributed by atoms with Crippen LogP contribution in [0.1, 0.15) is 89.2 Å². The highest BCUT2D eigenvalue weighted by atomic mass is 16.7. The fraction of sp³-hybridized carbons (Fsp3) is 0.594. The van der Waals surface area contributed by atoms with Crippen molar-refractivity contribution < 1.29 is 57.1 Å². The lowest BCUT2D eigenvalue weighted by Crippen LogP contribution is -2.62. The molecule has 1 aliphatic heterocycles. The van der Waals surface area contributed by atoms with Crippen LogP contribution in [-0.2, 0) is 58.9 Å². The van der Waals surface area contributed by atoms with Crippen LogP contribution in [0.2, 0.25) is 0 Å². The SMILES string of the molecule is CCCCCCCCOC(=O)c1ccccc1-n1nncc1CO[C@H]1O[C@H](COC(C)=O)[C@@H](OC(C)=O)[C@H](OC(C)=O)[C@@H]1OC(C)=O. The van der Waals surface area contributed by atoms with E-state index in [2.05, 4.69) is 17.2 Å². The summed E-state index contributed by atoms with van der Waals surface area (Å²) in [5.74, 6) is -3.43. The lowest BCUT2D eigenvalue weighted by molar-refractivity contribution is -0.311. The van der Waals surface area contributed by atoms with Crippen LogP contribution in [0.4, 0.5) is 0 Å². The van der Waals surface area contributed by atoms with Gasteiger partial charge in [0.1, 0.15) is 12.7 Å². The maximum absolute atomic E-state index is 13.0. The number of carbonyl (C=O) groups is 5. The van der Waals surface area contributed by atoms with Gasteiger partial charge in [-0.3, -0.25) is 19.2 Å². The molecular weight excluding hydrogens is 618 g/mol. The van der Waals surface area contributed by atoms with Gasteiger partial charge in [-0.2, -0.15) is 0 Å². The number of esters is 5. The second kappa shape index (κ2) is 18.7. The lowest BCUT2D eigenvalue weighted by atomic mass is 9.98.